The van der Waals surface area contributed by atoms with Crippen molar-refractivity contribution in [2.24, 2.45) is 10.7 Å². The fourth-order valence-corrected chi connectivity index (χ4v) is 5.76. The van der Waals surface area contributed by atoms with Gasteiger partial charge in [0.2, 0.25) is 11.9 Å². The minimum Gasteiger partial charge on any atom is -0.433 e. The number of rotatable bonds is 4. The zero-order valence-corrected chi connectivity index (χ0v) is 17.8. The van der Waals surface area contributed by atoms with Crippen molar-refractivity contribution < 1.29 is 13.1 Å². The van der Waals surface area contributed by atoms with E-state index in [2.05, 4.69) is 15.1 Å². The Morgan fingerprint density at radius 1 is 1.50 bits per heavy atom. The van der Waals surface area contributed by atoms with E-state index < -0.39 is 16.5 Å². The first-order chi connectivity index (χ1) is 13.3. The van der Waals surface area contributed by atoms with E-state index in [0.29, 0.717) is 34.5 Å². The van der Waals surface area contributed by atoms with Gasteiger partial charge in [-0.1, -0.05) is 23.7 Å². The van der Waals surface area contributed by atoms with Crippen LogP contribution in [0.25, 0.3) is 22.2 Å². The SMILES string of the molecule is CCc1nc(-c2cc(Cl)c(C3(C)CS(=O)N(C)C(N)=N3)s2)oc1-c1ccon1. The maximum Gasteiger partial charge on any atom is 0.237 e. The van der Waals surface area contributed by atoms with E-state index in [1.807, 2.05) is 13.8 Å². The molecule has 8 nitrogen and oxygen atoms in total. The van der Waals surface area contributed by atoms with Crippen molar-refractivity contribution in [1.29, 1.82) is 0 Å². The van der Waals surface area contributed by atoms with Crippen molar-refractivity contribution in [2.45, 2.75) is 25.8 Å². The zero-order chi connectivity index (χ0) is 20.1. The van der Waals surface area contributed by atoms with Gasteiger partial charge in [0.05, 0.1) is 26.2 Å². The molecule has 0 spiro atoms. The molecule has 0 saturated carbocycles. The van der Waals surface area contributed by atoms with Gasteiger partial charge in [-0.05, 0) is 19.4 Å². The molecule has 0 radical (unpaired) electrons. The number of guanidine groups is 1. The first kappa shape index (κ1) is 19.2. The quantitative estimate of drug-likeness (QED) is 0.666. The van der Waals surface area contributed by atoms with Gasteiger partial charge in [0.15, 0.2) is 11.5 Å². The van der Waals surface area contributed by atoms with E-state index in [1.165, 1.54) is 21.9 Å². The Balaban J connectivity index is 1.76. The third kappa shape index (κ3) is 3.15. The highest BCUT2D eigenvalue weighted by Crippen LogP contribution is 2.44. The van der Waals surface area contributed by atoms with Crippen LogP contribution in [0.1, 0.15) is 24.4 Å². The van der Waals surface area contributed by atoms with Gasteiger partial charge in [-0.2, -0.15) is 0 Å². The molecule has 4 heterocycles. The maximum absolute atomic E-state index is 12.4. The minimum atomic E-state index is -1.28. The number of hydrogen-bond donors (Lipinski definition) is 1. The number of aryl methyl sites for hydroxylation is 1. The molecule has 0 saturated heterocycles. The van der Waals surface area contributed by atoms with Crippen LogP contribution in [0, 0.1) is 0 Å². The molecule has 3 aromatic rings. The first-order valence-corrected chi connectivity index (χ1v) is 11.0. The van der Waals surface area contributed by atoms with E-state index in [4.69, 9.17) is 26.3 Å². The summed E-state index contributed by atoms with van der Waals surface area (Å²) in [6.45, 7) is 3.87. The monoisotopic (exact) mass is 439 g/mol. The Hall–Kier alpha value is -2.17. The largest absolute Gasteiger partial charge is 0.433 e. The van der Waals surface area contributed by atoms with Gasteiger partial charge in [0.1, 0.15) is 22.8 Å². The minimum absolute atomic E-state index is 0.218. The molecule has 2 unspecified atom stereocenters. The van der Waals surface area contributed by atoms with E-state index >= 15 is 0 Å². The summed E-state index contributed by atoms with van der Waals surface area (Å²) in [7, 11) is 0.371. The third-order valence-corrected chi connectivity index (χ3v) is 7.88. The van der Waals surface area contributed by atoms with Gasteiger partial charge in [-0.3, -0.25) is 4.31 Å². The van der Waals surface area contributed by atoms with Crippen LogP contribution in [0.15, 0.2) is 32.3 Å². The fourth-order valence-electron chi connectivity index (χ4n) is 2.98. The molecule has 0 aromatic carbocycles. The molecule has 1 aliphatic rings. The second-order valence-electron chi connectivity index (χ2n) is 6.53. The van der Waals surface area contributed by atoms with Gasteiger partial charge < -0.3 is 14.7 Å². The maximum atomic E-state index is 12.4. The second kappa shape index (κ2) is 7.02. The van der Waals surface area contributed by atoms with Crippen molar-refractivity contribution >= 4 is 39.9 Å². The highest BCUT2D eigenvalue weighted by atomic mass is 35.5. The lowest BCUT2D eigenvalue weighted by Gasteiger charge is -2.33. The average molecular weight is 440 g/mol. The number of aromatic nitrogens is 2. The van der Waals surface area contributed by atoms with Gasteiger partial charge in [-0.15, -0.1) is 11.3 Å². The van der Waals surface area contributed by atoms with Crippen molar-refractivity contribution in [1.82, 2.24) is 14.4 Å². The fraction of sp³-hybridized carbons (Fsp3) is 0.353. The van der Waals surface area contributed by atoms with E-state index in [1.54, 1.807) is 19.2 Å². The molecule has 0 aliphatic carbocycles. The molecule has 0 bridgehead atoms. The van der Waals surface area contributed by atoms with Crippen LogP contribution in [-0.2, 0) is 22.9 Å². The lowest BCUT2D eigenvalue weighted by molar-refractivity contribution is 0.419. The van der Waals surface area contributed by atoms with Gasteiger partial charge in [-0.25, -0.2) is 14.2 Å². The summed E-state index contributed by atoms with van der Waals surface area (Å²) in [4.78, 5) is 10.7. The molecular formula is C17H18ClN5O3S2. The topological polar surface area (TPSA) is 111 Å². The smallest absolute Gasteiger partial charge is 0.237 e. The Kier molecular flexibility index (Phi) is 4.80. The van der Waals surface area contributed by atoms with Crippen LogP contribution in [-0.4, -0.2) is 37.4 Å². The molecule has 1 aliphatic heterocycles. The normalized spacial score (nSPS) is 22.5. The Bertz CT molecular complexity index is 1070. The predicted molar refractivity (Wildman–Crippen MR) is 109 cm³/mol. The number of thiophene rings is 1. The summed E-state index contributed by atoms with van der Waals surface area (Å²) in [6.07, 6.45) is 2.17. The van der Waals surface area contributed by atoms with E-state index in [9.17, 15) is 4.21 Å². The van der Waals surface area contributed by atoms with E-state index in [-0.39, 0.29) is 5.96 Å². The zero-order valence-electron chi connectivity index (χ0n) is 15.4. The van der Waals surface area contributed by atoms with Crippen molar-refractivity contribution in [2.75, 3.05) is 12.8 Å². The lowest BCUT2D eigenvalue weighted by Crippen LogP contribution is -2.47. The van der Waals surface area contributed by atoms with Crippen LogP contribution in [0.4, 0.5) is 0 Å². The van der Waals surface area contributed by atoms with Crippen LogP contribution < -0.4 is 5.73 Å². The molecule has 28 heavy (non-hydrogen) atoms. The number of aliphatic imine (C=N–C) groups is 1. The highest BCUT2D eigenvalue weighted by Gasteiger charge is 2.39. The molecule has 11 heteroatoms. The number of nitrogens with two attached hydrogens (primary N) is 1. The van der Waals surface area contributed by atoms with Crippen molar-refractivity contribution in [3.05, 3.63) is 34.0 Å². The molecule has 148 valence electrons. The molecule has 2 atom stereocenters. The van der Waals surface area contributed by atoms with Crippen LogP contribution in [0.5, 0.6) is 0 Å². The third-order valence-electron chi connectivity index (χ3n) is 4.48. The highest BCUT2D eigenvalue weighted by molar-refractivity contribution is 7.83. The Labute approximate surface area is 173 Å². The van der Waals surface area contributed by atoms with Crippen LogP contribution in [0.3, 0.4) is 0 Å². The molecule has 0 fully saturated rings. The predicted octanol–water partition coefficient (Wildman–Crippen LogP) is 3.41. The van der Waals surface area contributed by atoms with Crippen molar-refractivity contribution in [3.63, 3.8) is 0 Å². The summed E-state index contributed by atoms with van der Waals surface area (Å²) in [5.41, 5.74) is 6.53. The molecule has 4 rings (SSSR count). The number of halogens is 1. The van der Waals surface area contributed by atoms with Crippen molar-refractivity contribution in [3.8, 4) is 22.2 Å². The first-order valence-electron chi connectivity index (χ1n) is 8.50. The summed E-state index contributed by atoms with van der Waals surface area (Å²) >= 11 is 7.93. The molecule has 3 aromatic heterocycles. The standard InChI is InChI=1S/C17H18ClN5O3S2/c1-4-10-13(11-5-6-25-22-11)26-15(20-10)12-7-9(18)14(27-12)17(2)8-28(24)23(3)16(19)21-17/h5-7H,4,8H2,1-3H3,(H2,19,21). The molecular weight excluding hydrogens is 422 g/mol. The van der Waals surface area contributed by atoms with Crippen LogP contribution in [0.2, 0.25) is 5.02 Å². The van der Waals surface area contributed by atoms with E-state index in [0.717, 1.165) is 15.4 Å². The number of hydrogen-bond acceptors (Lipinski definition) is 8. The number of oxazole rings is 1. The lowest BCUT2D eigenvalue weighted by atomic mass is 10.0. The summed E-state index contributed by atoms with van der Waals surface area (Å²) < 4.78 is 24.7. The van der Waals surface area contributed by atoms with Crippen LogP contribution >= 0.6 is 22.9 Å². The second-order valence-corrected chi connectivity index (χ2v) is 9.47. The van der Waals surface area contributed by atoms with Gasteiger partial charge >= 0.3 is 0 Å². The van der Waals surface area contributed by atoms with Gasteiger partial charge in [0.25, 0.3) is 0 Å². The summed E-state index contributed by atoms with van der Waals surface area (Å²) in [6, 6.07) is 3.51. The Morgan fingerprint density at radius 3 is 2.93 bits per heavy atom. The summed E-state index contributed by atoms with van der Waals surface area (Å²) in [5, 5.41) is 4.45. The summed E-state index contributed by atoms with van der Waals surface area (Å²) in [5.74, 6) is 1.53. The Morgan fingerprint density at radius 2 is 2.29 bits per heavy atom. The van der Waals surface area contributed by atoms with Gasteiger partial charge in [0, 0.05) is 13.1 Å². The molecule has 0 amide bonds. The number of nitrogens with zero attached hydrogens (tertiary/aromatic N) is 4. The average Bonchev–Trinajstić information content (AvgIpc) is 3.37. The molecule has 2 N–H and O–H groups in total.